The lowest BCUT2D eigenvalue weighted by atomic mass is 10.0. The Labute approximate surface area is 162 Å². The van der Waals surface area contributed by atoms with Gasteiger partial charge in [0.25, 0.3) is 0 Å². The zero-order valence-electron chi connectivity index (χ0n) is 15.7. The van der Waals surface area contributed by atoms with E-state index >= 15 is 0 Å². The lowest BCUT2D eigenvalue weighted by Gasteiger charge is -2.21. The summed E-state index contributed by atoms with van der Waals surface area (Å²) in [7, 11) is 0. The van der Waals surface area contributed by atoms with E-state index in [1.54, 1.807) is 24.3 Å². The van der Waals surface area contributed by atoms with E-state index in [9.17, 15) is 24.3 Å². The minimum absolute atomic E-state index is 0.179. The van der Waals surface area contributed by atoms with E-state index in [1.165, 1.54) is 13.8 Å². The third kappa shape index (κ3) is 7.72. The Bertz CT molecular complexity index is 693. The van der Waals surface area contributed by atoms with Crippen LogP contribution in [-0.2, 0) is 25.6 Å². The number of nitrogens with two attached hydrogens (primary N) is 1. The molecule has 0 saturated carbocycles. The van der Waals surface area contributed by atoms with Gasteiger partial charge in [-0.2, -0.15) is 0 Å². The van der Waals surface area contributed by atoms with Gasteiger partial charge < -0.3 is 31.9 Å². The first-order valence-electron chi connectivity index (χ1n) is 8.69. The van der Waals surface area contributed by atoms with Gasteiger partial charge in [-0.1, -0.05) is 30.3 Å². The van der Waals surface area contributed by atoms with Gasteiger partial charge in [-0.15, -0.1) is 0 Å². The van der Waals surface area contributed by atoms with Crippen LogP contribution in [0.25, 0.3) is 0 Å². The van der Waals surface area contributed by atoms with Gasteiger partial charge in [-0.3, -0.25) is 14.4 Å². The van der Waals surface area contributed by atoms with Crippen molar-refractivity contribution in [1.29, 1.82) is 0 Å². The van der Waals surface area contributed by atoms with Gasteiger partial charge >= 0.3 is 5.97 Å². The number of carboxylic acids is 1. The van der Waals surface area contributed by atoms with E-state index in [0.717, 1.165) is 5.56 Å². The topological polar surface area (TPSA) is 171 Å². The zero-order chi connectivity index (χ0) is 21.3. The molecule has 0 aliphatic heterocycles. The van der Waals surface area contributed by atoms with Crippen molar-refractivity contribution in [3.8, 4) is 0 Å². The Kier molecular flexibility index (Phi) is 9.06. The Balaban J connectivity index is 2.73. The molecule has 10 nitrogen and oxygen atoms in total. The number of carboxylic acid groups (broad SMARTS) is 1. The van der Waals surface area contributed by atoms with E-state index in [0.29, 0.717) is 0 Å². The summed E-state index contributed by atoms with van der Waals surface area (Å²) in [4.78, 5) is 47.2. The number of amides is 3. The molecule has 0 radical (unpaired) electrons. The highest BCUT2D eigenvalue weighted by Crippen LogP contribution is 2.04. The van der Waals surface area contributed by atoms with Crippen LogP contribution in [0.3, 0.4) is 0 Å². The Hall–Kier alpha value is -2.98. The maximum atomic E-state index is 12.5. The average molecular weight is 394 g/mol. The molecule has 0 aliphatic rings. The molecule has 0 fully saturated rings. The van der Waals surface area contributed by atoms with Gasteiger partial charge in [0, 0.05) is 6.42 Å². The number of aliphatic hydroxyl groups is 1. The molecule has 0 saturated heterocycles. The first-order chi connectivity index (χ1) is 13.1. The number of hydrogen-bond donors (Lipinski definition) is 6. The smallest absolute Gasteiger partial charge is 0.328 e. The molecule has 0 aromatic heterocycles. The van der Waals surface area contributed by atoms with Gasteiger partial charge in [0.15, 0.2) is 6.04 Å². The summed E-state index contributed by atoms with van der Waals surface area (Å²) in [5.41, 5.74) is 6.31. The lowest BCUT2D eigenvalue weighted by molar-refractivity contribution is -0.144. The molecular formula is C18H26N4O6. The predicted molar refractivity (Wildman–Crippen MR) is 100.0 cm³/mol. The fraction of sp³-hybridized carbons (Fsp3) is 0.444. The van der Waals surface area contributed by atoms with E-state index in [4.69, 9.17) is 10.8 Å². The van der Waals surface area contributed by atoms with E-state index in [2.05, 4.69) is 16.0 Å². The first kappa shape index (κ1) is 23.1. The number of carbonyl (C=O) groups excluding carboxylic acids is 3. The molecule has 0 heterocycles. The average Bonchev–Trinajstić information content (AvgIpc) is 2.63. The van der Waals surface area contributed by atoms with Gasteiger partial charge in [0.1, 0.15) is 6.04 Å². The number of aliphatic carboxylic acids is 1. The summed E-state index contributed by atoms with van der Waals surface area (Å²) in [6, 6.07) is 5.65. The van der Waals surface area contributed by atoms with Crippen LogP contribution in [0.1, 0.15) is 19.4 Å². The summed E-state index contributed by atoms with van der Waals surface area (Å²) in [5, 5.41) is 25.3. The molecule has 1 aromatic rings. The summed E-state index contributed by atoms with van der Waals surface area (Å²) in [6.45, 7) is 2.17. The van der Waals surface area contributed by atoms with E-state index in [-0.39, 0.29) is 6.42 Å². The molecule has 4 atom stereocenters. The second kappa shape index (κ2) is 11.0. The minimum atomic E-state index is -1.50. The molecular weight excluding hydrogens is 368 g/mol. The number of nitrogens with one attached hydrogen (secondary N) is 3. The monoisotopic (exact) mass is 394 g/mol. The van der Waals surface area contributed by atoms with E-state index in [1.807, 2.05) is 6.07 Å². The second-order valence-electron chi connectivity index (χ2n) is 6.38. The van der Waals surface area contributed by atoms with Gasteiger partial charge in [0.05, 0.1) is 18.7 Å². The van der Waals surface area contributed by atoms with Crippen LogP contribution in [0.2, 0.25) is 0 Å². The first-order valence-corrected chi connectivity index (χ1v) is 8.69. The molecule has 0 bridgehead atoms. The van der Waals surface area contributed by atoms with Crippen molar-refractivity contribution in [2.24, 2.45) is 5.73 Å². The molecule has 1 rings (SSSR count). The maximum Gasteiger partial charge on any atom is 0.328 e. The third-order valence-corrected chi connectivity index (χ3v) is 3.82. The Morgan fingerprint density at radius 1 is 1.04 bits per heavy atom. The molecule has 10 heteroatoms. The molecule has 4 unspecified atom stereocenters. The number of aliphatic hydroxyl groups excluding tert-OH is 1. The number of carbonyl (C=O) groups is 4. The molecule has 7 N–H and O–H groups in total. The highest BCUT2D eigenvalue weighted by molar-refractivity contribution is 5.92. The predicted octanol–water partition coefficient (Wildman–Crippen LogP) is -1.87. The van der Waals surface area contributed by atoms with Crippen molar-refractivity contribution < 1.29 is 29.4 Å². The Morgan fingerprint density at radius 3 is 2.14 bits per heavy atom. The van der Waals surface area contributed by atoms with Crippen LogP contribution in [0.5, 0.6) is 0 Å². The van der Waals surface area contributed by atoms with Crippen LogP contribution >= 0.6 is 0 Å². The van der Waals surface area contributed by atoms with Crippen LogP contribution in [-0.4, -0.2) is 64.7 Å². The van der Waals surface area contributed by atoms with Crippen LogP contribution in [0.4, 0.5) is 0 Å². The molecule has 3 amide bonds. The van der Waals surface area contributed by atoms with Crippen molar-refractivity contribution >= 4 is 23.7 Å². The molecule has 154 valence electrons. The standard InChI is InChI=1S/C18H26N4O6/c1-10(19)16(25)21-13(8-12-6-4-3-5-7-12)17(26)20-9-14(24)22-15(11(2)23)18(27)28/h3-7,10-11,13,15,23H,8-9,19H2,1-2H3,(H,20,26)(H,21,25)(H,22,24)(H,27,28). The SMILES string of the molecule is CC(N)C(=O)NC(Cc1ccccc1)C(=O)NCC(=O)NC(C(=O)O)C(C)O. The fourth-order valence-electron chi connectivity index (χ4n) is 2.27. The number of rotatable bonds is 10. The van der Waals surface area contributed by atoms with Crippen LogP contribution in [0, 0.1) is 0 Å². The number of benzene rings is 1. The van der Waals surface area contributed by atoms with E-state index < -0.39 is 54.5 Å². The largest absolute Gasteiger partial charge is 0.480 e. The maximum absolute atomic E-state index is 12.5. The Morgan fingerprint density at radius 2 is 1.64 bits per heavy atom. The molecule has 1 aromatic carbocycles. The van der Waals surface area contributed by atoms with Crippen molar-refractivity contribution in [1.82, 2.24) is 16.0 Å². The number of hydrogen-bond acceptors (Lipinski definition) is 6. The van der Waals surface area contributed by atoms with Crippen molar-refractivity contribution in [2.75, 3.05) is 6.54 Å². The normalized spacial score (nSPS) is 14.9. The fourth-order valence-corrected chi connectivity index (χ4v) is 2.27. The summed E-state index contributed by atoms with van der Waals surface area (Å²) in [6.07, 6.45) is -1.13. The molecule has 0 spiro atoms. The van der Waals surface area contributed by atoms with Gasteiger partial charge in [0.2, 0.25) is 17.7 Å². The van der Waals surface area contributed by atoms with Gasteiger partial charge in [-0.25, -0.2) is 4.79 Å². The van der Waals surface area contributed by atoms with Crippen molar-refractivity contribution in [3.05, 3.63) is 35.9 Å². The molecule has 28 heavy (non-hydrogen) atoms. The van der Waals surface area contributed by atoms with Gasteiger partial charge in [-0.05, 0) is 19.4 Å². The van der Waals surface area contributed by atoms with Crippen molar-refractivity contribution in [2.45, 2.75) is 44.5 Å². The highest BCUT2D eigenvalue weighted by Gasteiger charge is 2.26. The zero-order valence-corrected chi connectivity index (χ0v) is 15.7. The lowest BCUT2D eigenvalue weighted by Crippen LogP contribution is -2.54. The van der Waals surface area contributed by atoms with Crippen LogP contribution in [0.15, 0.2) is 30.3 Å². The minimum Gasteiger partial charge on any atom is -0.480 e. The third-order valence-electron chi connectivity index (χ3n) is 3.82. The van der Waals surface area contributed by atoms with Crippen LogP contribution < -0.4 is 21.7 Å². The summed E-state index contributed by atoms with van der Waals surface area (Å²) >= 11 is 0. The highest BCUT2D eigenvalue weighted by atomic mass is 16.4. The van der Waals surface area contributed by atoms with Crippen molar-refractivity contribution in [3.63, 3.8) is 0 Å². The summed E-state index contributed by atoms with van der Waals surface area (Å²) in [5.74, 6) is -3.35. The quantitative estimate of drug-likeness (QED) is 0.270. The molecule has 0 aliphatic carbocycles. The summed E-state index contributed by atoms with van der Waals surface area (Å²) < 4.78 is 0. The second-order valence-corrected chi connectivity index (χ2v) is 6.38.